The van der Waals surface area contributed by atoms with Crippen LogP contribution in [0.5, 0.6) is 6.01 Å². The molecule has 1 fully saturated rings. The van der Waals surface area contributed by atoms with Crippen LogP contribution in [0, 0.1) is 0 Å². The van der Waals surface area contributed by atoms with E-state index in [9.17, 15) is 0 Å². The SMILES string of the molecule is CSC1(CNc2nc(N)nc(OC(C)C)n2)CCC1. The first-order chi connectivity index (χ1) is 9.03. The van der Waals surface area contributed by atoms with Crippen LogP contribution in [-0.2, 0) is 0 Å². The summed E-state index contributed by atoms with van der Waals surface area (Å²) in [5.41, 5.74) is 5.67. The molecule has 1 saturated carbocycles. The van der Waals surface area contributed by atoms with Gasteiger partial charge < -0.3 is 15.8 Å². The highest BCUT2D eigenvalue weighted by Crippen LogP contribution is 2.42. The zero-order valence-corrected chi connectivity index (χ0v) is 12.5. The second-order valence-electron chi connectivity index (χ2n) is 5.06. The molecule has 0 radical (unpaired) electrons. The van der Waals surface area contributed by atoms with Gasteiger partial charge in [0.2, 0.25) is 11.9 Å². The molecule has 106 valence electrons. The molecule has 0 unspecified atom stereocenters. The second kappa shape index (κ2) is 5.81. The lowest BCUT2D eigenvalue weighted by atomic mass is 9.84. The zero-order valence-electron chi connectivity index (χ0n) is 11.6. The Bertz CT molecular complexity index is 431. The molecule has 6 nitrogen and oxygen atoms in total. The van der Waals surface area contributed by atoms with Gasteiger partial charge in [0.05, 0.1) is 6.10 Å². The zero-order chi connectivity index (χ0) is 13.9. The fourth-order valence-corrected chi connectivity index (χ4v) is 2.89. The predicted molar refractivity (Wildman–Crippen MR) is 78.6 cm³/mol. The fraction of sp³-hybridized carbons (Fsp3) is 0.750. The van der Waals surface area contributed by atoms with Gasteiger partial charge in [-0.25, -0.2) is 0 Å². The van der Waals surface area contributed by atoms with Gasteiger partial charge in [0, 0.05) is 11.3 Å². The Balaban J connectivity index is 2.01. The number of nitrogens with one attached hydrogen (secondary N) is 1. The maximum atomic E-state index is 5.67. The third-order valence-electron chi connectivity index (χ3n) is 3.24. The molecule has 1 aliphatic carbocycles. The van der Waals surface area contributed by atoms with Crippen LogP contribution in [0.4, 0.5) is 11.9 Å². The lowest BCUT2D eigenvalue weighted by molar-refractivity contribution is 0.222. The van der Waals surface area contributed by atoms with Crippen molar-refractivity contribution in [2.24, 2.45) is 0 Å². The molecule has 2 rings (SSSR count). The van der Waals surface area contributed by atoms with Crippen molar-refractivity contribution in [1.29, 1.82) is 0 Å². The van der Waals surface area contributed by atoms with Crippen molar-refractivity contribution in [3.63, 3.8) is 0 Å². The van der Waals surface area contributed by atoms with Gasteiger partial charge in [-0.05, 0) is 32.9 Å². The van der Waals surface area contributed by atoms with E-state index in [0.717, 1.165) is 6.54 Å². The highest BCUT2D eigenvalue weighted by molar-refractivity contribution is 8.00. The standard InChI is InChI=1S/C12H21N5OS/c1-8(2)18-11-16-9(13)15-10(17-11)14-7-12(19-3)5-4-6-12/h8H,4-7H2,1-3H3,(H3,13,14,15,16,17). The molecule has 3 N–H and O–H groups in total. The van der Waals surface area contributed by atoms with Crippen LogP contribution in [0.15, 0.2) is 0 Å². The lowest BCUT2D eigenvalue weighted by Gasteiger charge is -2.40. The van der Waals surface area contributed by atoms with Gasteiger partial charge in [0.25, 0.3) is 0 Å². The highest BCUT2D eigenvalue weighted by Gasteiger charge is 2.36. The molecule has 1 aliphatic rings. The maximum absolute atomic E-state index is 5.67. The smallest absolute Gasteiger partial charge is 0.323 e. The quantitative estimate of drug-likeness (QED) is 0.825. The van der Waals surface area contributed by atoms with Crippen LogP contribution in [0.25, 0.3) is 0 Å². The third kappa shape index (κ3) is 3.62. The van der Waals surface area contributed by atoms with E-state index in [1.54, 1.807) is 0 Å². The van der Waals surface area contributed by atoms with E-state index >= 15 is 0 Å². The van der Waals surface area contributed by atoms with Crippen LogP contribution in [0.2, 0.25) is 0 Å². The Morgan fingerprint density at radius 1 is 1.37 bits per heavy atom. The number of rotatable bonds is 6. The minimum absolute atomic E-state index is 0.0128. The molecule has 0 saturated heterocycles. The number of nitrogens with two attached hydrogens (primary N) is 1. The van der Waals surface area contributed by atoms with Gasteiger partial charge in [0.1, 0.15) is 0 Å². The Hall–Kier alpha value is -1.24. The van der Waals surface area contributed by atoms with Gasteiger partial charge in [-0.3, -0.25) is 0 Å². The number of hydrogen-bond acceptors (Lipinski definition) is 7. The summed E-state index contributed by atoms with van der Waals surface area (Å²) < 4.78 is 5.77. The van der Waals surface area contributed by atoms with Crippen molar-refractivity contribution < 1.29 is 4.74 Å². The van der Waals surface area contributed by atoms with E-state index in [2.05, 4.69) is 26.5 Å². The van der Waals surface area contributed by atoms with Crippen molar-refractivity contribution in [3.05, 3.63) is 0 Å². The number of ether oxygens (including phenoxy) is 1. The maximum Gasteiger partial charge on any atom is 0.323 e. The van der Waals surface area contributed by atoms with Gasteiger partial charge in [-0.1, -0.05) is 6.42 Å². The van der Waals surface area contributed by atoms with Crippen molar-refractivity contribution >= 4 is 23.7 Å². The first-order valence-electron chi connectivity index (χ1n) is 6.50. The largest absolute Gasteiger partial charge is 0.461 e. The topological polar surface area (TPSA) is 86.0 Å². The van der Waals surface area contributed by atoms with Crippen molar-refractivity contribution in [2.45, 2.75) is 44.0 Å². The number of hydrogen-bond donors (Lipinski definition) is 2. The summed E-state index contributed by atoms with van der Waals surface area (Å²) in [5, 5.41) is 3.25. The van der Waals surface area contributed by atoms with E-state index in [1.165, 1.54) is 19.3 Å². The number of aromatic nitrogens is 3. The van der Waals surface area contributed by atoms with Gasteiger partial charge >= 0.3 is 6.01 Å². The number of nitrogen functional groups attached to an aromatic ring is 1. The van der Waals surface area contributed by atoms with Crippen LogP contribution < -0.4 is 15.8 Å². The van der Waals surface area contributed by atoms with Crippen LogP contribution >= 0.6 is 11.8 Å². The summed E-state index contributed by atoms with van der Waals surface area (Å²) >= 11 is 1.90. The first kappa shape index (κ1) is 14.2. The number of thioether (sulfide) groups is 1. The predicted octanol–water partition coefficient (Wildman–Crippen LogP) is 1.94. The van der Waals surface area contributed by atoms with Crippen molar-refractivity contribution in [2.75, 3.05) is 23.9 Å². The number of nitrogens with zero attached hydrogens (tertiary/aromatic N) is 3. The summed E-state index contributed by atoms with van der Waals surface area (Å²) in [5.74, 6) is 0.670. The van der Waals surface area contributed by atoms with Gasteiger partial charge in [-0.15, -0.1) is 0 Å². The van der Waals surface area contributed by atoms with Crippen molar-refractivity contribution in [1.82, 2.24) is 15.0 Å². The van der Waals surface area contributed by atoms with Crippen LogP contribution in [0.1, 0.15) is 33.1 Å². The molecule has 0 bridgehead atoms. The van der Waals surface area contributed by atoms with E-state index in [-0.39, 0.29) is 18.1 Å². The summed E-state index contributed by atoms with van der Waals surface area (Å²) in [6, 6.07) is 0.275. The number of anilines is 2. The molecular weight excluding hydrogens is 262 g/mol. The first-order valence-corrected chi connectivity index (χ1v) is 7.73. The molecule has 7 heteroatoms. The van der Waals surface area contributed by atoms with E-state index in [1.807, 2.05) is 25.6 Å². The molecule has 0 aromatic carbocycles. The average Bonchev–Trinajstić information content (AvgIpc) is 2.26. The minimum atomic E-state index is 0.0128. The molecular formula is C12H21N5OS. The molecule has 0 spiro atoms. The normalized spacial score (nSPS) is 17.1. The summed E-state index contributed by atoms with van der Waals surface area (Å²) in [6.45, 7) is 4.69. The molecule has 0 aliphatic heterocycles. The van der Waals surface area contributed by atoms with Crippen LogP contribution in [0.3, 0.4) is 0 Å². The molecule has 1 aromatic rings. The highest BCUT2D eigenvalue weighted by atomic mass is 32.2. The van der Waals surface area contributed by atoms with Crippen LogP contribution in [-0.4, -0.2) is 38.6 Å². The Kier molecular flexibility index (Phi) is 4.34. The summed E-state index contributed by atoms with van der Waals surface area (Å²) in [7, 11) is 0. The molecule has 0 atom stereocenters. The summed E-state index contributed by atoms with van der Waals surface area (Å²) in [6.07, 6.45) is 5.92. The molecule has 19 heavy (non-hydrogen) atoms. The van der Waals surface area contributed by atoms with Gasteiger partial charge in [0.15, 0.2) is 0 Å². The third-order valence-corrected chi connectivity index (χ3v) is 4.66. The minimum Gasteiger partial charge on any atom is -0.461 e. The molecule has 1 aromatic heterocycles. The summed E-state index contributed by atoms with van der Waals surface area (Å²) in [4.78, 5) is 12.3. The fourth-order valence-electron chi connectivity index (χ4n) is 1.98. The average molecular weight is 283 g/mol. The second-order valence-corrected chi connectivity index (χ2v) is 6.33. The van der Waals surface area contributed by atoms with E-state index in [4.69, 9.17) is 10.5 Å². The van der Waals surface area contributed by atoms with Gasteiger partial charge in [-0.2, -0.15) is 26.7 Å². The molecule has 1 heterocycles. The molecule has 0 amide bonds. The Labute approximate surface area is 117 Å². The Morgan fingerprint density at radius 3 is 2.63 bits per heavy atom. The monoisotopic (exact) mass is 283 g/mol. The van der Waals surface area contributed by atoms with E-state index < -0.39 is 0 Å². The van der Waals surface area contributed by atoms with E-state index in [0.29, 0.717) is 10.7 Å². The Morgan fingerprint density at radius 2 is 2.11 bits per heavy atom. The lowest BCUT2D eigenvalue weighted by Crippen LogP contribution is -2.40. The van der Waals surface area contributed by atoms with Crippen molar-refractivity contribution in [3.8, 4) is 6.01 Å².